The van der Waals surface area contributed by atoms with Gasteiger partial charge in [0.1, 0.15) is 6.17 Å². The Morgan fingerprint density at radius 2 is 2.00 bits per heavy atom. The summed E-state index contributed by atoms with van der Waals surface area (Å²) in [5.41, 5.74) is 0.512. The number of halogens is 1. The van der Waals surface area contributed by atoms with Gasteiger partial charge in [-0.05, 0) is 19.4 Å². The van der Waals surface area contributed by atoms with E-state index < -0.39 is 18.1 Å². The Bertz CT molecular complexity index is 311. The van der Waals surface area contributed by atoms with Gasteiger partial charge in [0.25, 0.3) is 0 Å². The van der Waals surface area contributed by atoms with Gasteiger partial charge < -0.3 is 4.74 Å². The Labute approximate surface area is 89.1 Å². The standard InChI is InChI=1S/C12H15FO2/c1-3-15-12(14)9(2)11(13)10-7-5-4-6-8-10/h4-9,11H,3H2,1-2H3/t9-,11+/m0/s1. The second-order valence-electron chi connectivity index (χ2n) is 3.35. The minimum atomic E-state index is -1.30. The number of carbonyl (C=O) groups is 1. The molecule has 0 aliphatic carbocycles. The van der Waals surface area contributed by atoms with Gasteiger partial charge in [-0.2, -0.15) is 0 Å². The van der Waals surface area contributed by atoms with E-state index in [0.29, 0.717) is 5.56 Å². The second kappa shape index (κ2) is 5.49. The number of rotatable bonds is 4. The van der Waals surface area contributed by atoms with E-state index in [2.05, 4.69) is 0 Å². The van der Waals surface area contributed by atoms with Crippen molar-refractivity contribution in [3.05, 3.63) is 35.9 Å². The van der Waals surface area contributed by atoms with Crippen LogP contribution >= 0.6 is 0 Å². The van der Waals surface area contributed by atoms with E-state index in [0.717, 1.165) is 0 Å². The molecule has 0 aliphatic heterocycles. The van der Waals surface area contributed by atoms with E-state index in [4.69, 9.17) is 4.74 Å². The summed E-state index contributed by atoms with van der Waals surface area (Å²) >= 11 is 0. The zero-order valence-electron chi connectivity index (χ0n) is 8.94. The lowest BCUT2D eigenvalue weighted by molar-refractivity contribution is -0.149. The predicted molar refractivity (Wildman–Crippen MR) is 56.1 cm³/mol. The molecule has 3 heteroatoms. The lowest BCUT2D eigenvalue weighted by Gasteiger charge is -2.15. The zero-order valence-corrected chi connectivity index (χ0v) is 8.94. The highest BCUT2D eigenvalue weighted by molar-refractivity contribution is 5.72. The molecule has 0 radical (unpaired) electrons. The number of carbonyl (C=O) groups excluding carboxylic acids is 1. The minimum absolute atomic E-state index is 0.282. The number of alkyl halides is 1. The molecule has 15 heavy (non-hydrogen) atoms. The van der Waals surface area contributed by atoms with Crippen LogP contribution in [0, 0.1) is 5.92 Å². The van der Waals surface area contributed by atoms with Crippen LogP contribution in [0.1, 0.15) is 25.6 Å². The molecule has 0 heterocycles. The van der Waals surface area contributed by atoms with Crippen LogP contribution in [0.25, 0.3) is 0 Å². The average Bonchev–Trinajstić information content (AvgIpc) is 2.28. The van der Waals surface area contributed by atoms with Gasteiger partial charge in [0.05, 0.1) is 12.5 Å². The Kier molecular flexibility index (Phi) is 4.28. The van der Waals surface area contributed by atoms with Crippen LogP contribution in [0.3, 0.4) is 0 Å². The fourth-order valence-corrected chi connectivity index (χ4v) is 1.32. The summed E-state index contributed by atoms with van der Waals surface area (Å²) in [7, 11) is 0. The van der Waals surface area contributed by atoms with Crippen molar-refractivity contribution in [2.45, 2.75) is 20.0 Å². The van der Waals surface area contributed by atoms with Crippen molar-refractivity contribution in [2.24, 2.45) is 5.92 Å². The molecule has 0 aromatic heterocycles. The van der Waals surface area contributed by atoms with Gasteiger partial charge in [0, 0.05) is 0 Å². The summed E-state index contributed by atoms with van der Waals surface area (Å²) in [6.07, 6.45) is -1.30. The van der Waals surface area contributed by atoms with E-state index in [-0.39, 0.29) is 6.61 Å². The van der Waals surface area contributed by atoms with Crippen LogP contribution in [0.5, 0.6) is 0 Å². The third kappa shape index (κ3) is 3.05. The van der Waals surface area contributed by atoms with Crippen molar-refractivity contribution in [2.75, 3.05) is 6.61 Å². The quantitative estimate of drug-likeness (QED) is 0.714. The van der Waals surface area contributed by atoms with Crippen molar-refractivity contribution in [3.8, 4) is 0 Å². The van der Waals surface area contributed by atoms with Gasteiger partial charge in [0.2, 0.25) is 0 Å². The summed E-state index contributed by atoms with van der Waals surface area (Å²) in [5, 5.41) is 0. The Balaban J connectivity index is 2.68. The maximum atomic E-state index is 13.8. The van der Waals surface area contributed by atoms with Gasteiger partial charge in [-0.3, -0.25) is 4.79 Å². The van der Waals surface area contributed by atoms with Crippen LogP contribution < -0.4 is 0 Å². The highest BCUT2D eigenvalue weighted by atomic mass is 19.1. The number of esters is 1. The molecule has 0 fully saturated rings. The van der Waals surface area contributed by atoms with Crippen molar-refractivity contribution in [3.63, 3.8) is 0 Å². The molecule has 0 spiro atoms. The van der Waals surface area contributed by atoms with Crippen molar-refractivity contribution < 1.29 is 13.9 Å². The zero-order chi connectivity index (χ0) is 11.3. The van der Waals surface area contributed by atoms with E-state index in [9.17, 15) is 9.18 Å². The molecule has 0 saturated carbocycles. The largest absolute Gasteiger partial charge is 0.466 e. The molecular formula is C12H15FO2. The first-order chi connectivity index (χ1) is 7.16. The van der Waals surface area contributed by atoms with Crippen LogP contribution in [0.4, 0.5) is 4.39 Å². The summed E-state index contributed by atoms with van der Waals surface area (Å²) in [6, 6.07) is 8.64. The average molecular weight is 210 g/mol. The summed E-state index contributed by atoms with van der Waals surface area (Å²) in [4.78, 5) is 11.3. The fraction of sp³-hybridized carbons (Fsp3) is 0.417. The van der Waals surface area contributed by atoms with Gasteiger partial charge in [-0.15, -0.1) is 0 Å². The van der Waals surface area contributed by atoms with Crippen LogP contribution in [-0.4, -0.2) is 12.6 Å². The van der Waals surface area contributed by atoms with Crippen LogP contribution in [0.15, 0.2) is 30.3 Å². The third-order valence-electron chi connectivity index (χ3n) is 2.22. The number of benzene rings is 1. The second-order valence-corrected chi connectivity index (χ2v) is 3.35. The predicted octanol–water partition coefficient (Wildman–Crippen LogP) is 2.90. The molecule has 0 amide bonds. The normalized spacial score (nSPS) is 14.3. The fourth-order valence-electron chi connectivity index (χ4n) is 1.32. The Hall–Kier alpha value is -1.38. The first-order valence-electron chi connectivity index (χ1n) is 5.02. The summed E-state index contributed by atoms with van der Waals surface area (Å²) in [6.45, 7) is 3.53. The molecule has 2 atom stereocenters. The summed E-state index contributed by atoms with van der Waals surface area (Å²) in [5.74, 6) is -1.25. The number of hydrogen-bond donors (Lipinski definition) is 0. The van der Waals surface area contributed by atoms with Crippen molar-refractivity contribution >= 4 is 5.97 Å². The number of hydrogen-bond acceptors (Lipinski definition) is 2. The van der Waals surface area contributed by atoms with E-state index in [1.807, 2.05) is 6.07 Å². The maximum absolute atomic E-state index is 13.8. The topological polar surface area (TPSA) is 26.3 Å². The molecule has 0 N–H and O–H groups in total. The Morgan fingerprint density at radius 1 is 1.40 bits per heavy atom. The monoisotopic (exact) mass is 210 g/mol. The van der Waals surface area contributed by atoms with Gasteiger partial charge in [0.15, 0.2) is 0 Å². The van der Waals surface area contributed by atoms with Crippen molar-refractivity contribution in [1.82, 2.24) is 0 Å². The van der Waals surface area contributed by atoms with Gasteiger partial charge >= 0.3 is 5.97 Å². The number of ether oxygens (including phenoxy) is 1. The maximum Gasteiger partial charge on any atom is 0.311 e. The first kappa shape index (κ1) is 11.7. The molecule has 1 aromatic carbocycles. The Morgan fingerprint density at radius 3 is 2.53 bits per heavy atom. The lowest BCUT2D eigenvalue weighted by atomic mass is 9.99. The summed E-state index contributed by atoms with van der Waals surface area (Å²) < 4.78 is 18.6. The lowest BCUT2D eigenvalue weighted by Crippen LogP contribution is -2.19. The molecule has 2 nitrogen and oxygen atoms in total. The van der Waals surface area contributed by atoms with E-state index in [1.54, 1.807) is 31.2 Å². The van der Waals surface area contributed by atoms with Crippen LogP contribution in [-0.2, 0) is 9.53 Å². The molecule has 82 valence electrons. The van der Waals surface area contributed by atoms with Gasteiger partial charge in [-0.1, -0.05) is 30.3 Å². The van der Waals surface area contributed by atoms with E-state index in [1.165, 1.54) is 6.92 Å². The SMILES string of the molecule is CCOC(=O)[C@@H](C)[C@@H](F)c1ccccc1. The third-order valence-corrected chi connectivity index (χ3v) is 2.22. The molecule has 0 saturated heterocycles. The van der Waals surface area contributed by atoms with Gasteiger partial charge in [-0.25, -0.2) is 4.39 Å². The minimum Gasteiger partial charge on any atom is -0.466 e. The van der Waals surface area contributed by atoms with Crippen LogP contribution in [0.2, 0.25) is 0 Å². The highest BCUT2D eigenvalue weighted by Gasteiger charge is 2.25. The highest BCUT2D eigenvalue weighted by Crippen LogP contribution is 2.26. The van der Waals surface area contributed by atoms with E-state index >= 15 is 0 Å². The molecule has 0 unspecified atom stereocenters. The molecular weight excluding hydrogens is 195 g/mol. The smallest absolute Gasteiger partial charge is 0.311 e. The molecule has 0 aliphatic rings. The molecule has 0 bridgehead atoms. The first-order valence-corrected chi connectivity index (χ1v) is 5.02. The molecule has 1 rings (SSSR count). The molecule has 1 aromatic rings. The van der Waals surface area contributed by atoms with Crippen molar-refractivity contribution in [1.29, 1.82) is 0 Å².